The minimum Gasteiger partial charge on any atom is -0.508 e. The molecule has 0 amide bonds. The van der Waals surface area contributed by atoms with Gasteiger partial charge in [0.1, 0.15) is 5.75 Å². The number of phenols is 1. The highest BCUT2D eigenvalue weighted by molar-refractivity contribution is 5.29. The minimum absolute atomic E-state index is 0.192. The number of imidazole rings is 1. The number of aromatic hydroxyl groups is 1. The van der Waals surface area contributed by atoms with Gasteiger partial charge in [-0.2, -0.15) is 0 Å². The van der Waals surface area contributed by atoms with Crippen molar-refractivity contribution in [2.75, 3.05) is 0 Å². The van der Waals surface area contributed by atoms with Crippen molar-refractivity contribution in [3.05, 3.63) is 48.0 Å². The molecule has 0 spiro atoms. The third-order valence-electron chi connectivity index (χ3n) is 2.88. The van der Waals surface area contributed by atoms with Crippen LogP contribution in [0.2, 0.25) is 0 Å². The minimum atomic E-state index is 0.192. The fraction of sp³-hybridized carbons (Fsp3) is 0.308. The molecule has 90 valence electrons. The van der Waals surface area contributed by atoms with Crippen molar-refractivity contribution < 1.29 is 5.11 Å². The quantitative estimate of drug-likeness (QED) is 0.846. The first kappa shape index (κ1) is 11.7. The van der Waals surface area contributed by atoms with Gasteiger partial charge < -0.3 is 15.0 Å². The Bertz CT molecular complexity index is 493. The first-order valence-electron chi connectivity index (χ1n) is 5.64. The normalized spacial score (nSPS) is 12.6. The second kappa shape index (κ2) is 5.01. The lowest BCUT2D eigenvalue weighted by Gasteiger charge is -2.14. The number of phenolic OH excluding ortho intramolecular Hbond substituents is 1. The van der Waals surface area contributed by atoms with Crippen molar-refractivity contribution in [1.29, 1.82) is 0 Å². The molecule has 0 bridgehead atoms. The summed E-state index contributed by atoms with van der Waals surface area (Å²) in [6, 6.07) is 7.50. The molecule has 1 heterocycles. The third-order valence-corrected chi connectivity index (χ3v) is 2.88. The Morgan fingerprint density at radius 3 is 2.94 bits per heavy atom. The van der Waals surface area contributed by atoms with Crippen LogP contribution in [0.25, 0.3) is 0 Å². The van der Waals surface area contributed by atoms with E-state index in [0.29, 0.717) is 5.75 Å². The molecular formula is C13H17N3O. The Morgan fingerprint density at radius 2 is 2.29 bits per heavy atom. The largest absolute Gasteiger partial charge is 0.508 e. The Balaban J connectivity index is 1.98. The molecule has 1 aromatic carbocycles. The summed E-state index contributed by atoms with van der Waals surface area (Å²) in [6.07, 6.45) is 3.64. The second-order valence-electron chi connectivity index (χ2n) is 4.19. The van der Waals surface area contributed by atoms with E-state index in [4.69, 9.17) is 0 Å². The monoisotopic (exact) mass is 231 g/mol. The van der Waals surface area contributed by atoms with Crippen LogP contribution in [0.15, 0.2) is 36.8 Å². The lowest BCUT2D eigenvalue weighted by molar-refractivity contribution is 0.472. The highest BCUT2D eigenvalue weighted by Crippen LogP contribution is 2.18. The number of rotatable bonds is 4. The molecule has 0 saturated carbocycles. The van der Waals surface area contributed by atoms with E-state index in [1.54, 1.807) is 18.5 Å². The van der Waals surface area contributed by atoms with Crippen LogP contribution < -0.4 is 5.32 Å². The van der Waals surface area contributed by atoms with Crippen molar-refractivity contribution in [3.63, 3.8) is 0 Å². The molecule has 0 aliphatic heterocycles. The smallest absolute Gasteiger partial charge is 0.115 e. The summed E-state index contributed by atoms with van der Waals surface area (Å²) < 4.78 is 1.99. The standard InChI is InChI=1S/C13H17N3O/c1-10(11-4-3-5-13(17)6-11)15-8-12-7-14-9-16(12)2/h3-7,9-10,15,17H,8H2,1-2H3. The van der Waals surface area contributed by atoms with Crippen LogP contribution in [0.5, 0.6) is 5.75 Å². The van der Waals surface area contributed by atoms with Crippen molar-refractivity contribution in [2.24, 2.45) is 7.05 Å². The third kappa shape index (κ3) is 2.85. The van der Waals surface area contributed by atoms with Crippen LogP contribution >= 0.6 is 0 Å². The van der Waals surface area contributed by atoms with Gasteiger partial charge in [0.15, 0.2) is 0 Å². The SMILES string of the molecule is CC(NCc1cncn1C)c1cccc(O)c1. The lowest BCUT2D eigenvalue weighted by atomic mass is 10.1. The fourth-order valence-electron chi connectivity index (χ4n) is 1.72. The lowest BCUT2D eigenvalue weighted by Crippen LogP contribution is -2.19. The van der Waals surface area contributed by atoms with Crippen molar-refractivity contribution in [1.82, 2.24) is 14.9 Å². The van der Waals surface area contributed by atoms with E-state index in [-0.39, 0.29) is 6.04 Å². The predicted octanol–water partition coefficient (Wildman–Crippen LogP) is 1.98. The maximum Gasteiger partial charge on any atom is 0.115 e. The average Bonchev–Trinajstić information content (AvgIpc) is 2.72. The van der Waals surface area contributed by atoms with Gasteiger partial charge in [0.25, 0.3) is 0 Å². The number of hydrogen-bond acceptors (Lipinski definition) is 3. The molecule has 2 rings (SSSR count). The molecular weight excluding hydrogens is 214 g/mol. The highest BCUT2D eigenvalue weighted by atomic mass is 16.3. The molecule has 4 nitrogen and oxygen atoms in total. The topological polar surface area (TPSA) is 50.1 Å². The van der Waals surface area contributed by atoms with Gasteiger partial charge in [0, 0.05) is 25.8 Å². The van der Waals surface area contributed by atoms with E-state index in [9.17, 15) is 5.11 Å². The van der Waals surface area contributed by atoms with Gasteiger partial charge in [0.05, 0.1) is 12.0 Å². The summed E-state index contributed by atoms with van der Waals surface area (Å²) >= 11 is 0. The zero-order valence-corrected chi connectivity index (χ0v) is 10.1. The number of nitrogens with zero attached hydrogens (tertiary/aromatic N) is 2. The van der Waals surface area contributed by atoms with Crippen molar-refractivity contribution in [2.45, 2.75) is 19.5 Å². The second-order valence-corrected chi connectivity index (χ2v) is 4.19. The van der Waals surface area contributed by atoms with Crippen LogP contribution in [0.1, 0.15) is 24.2 Å². The number of hydrogen-bond donors (Lipinski definition) is 2. The van der Waals surface area contributed by atoms with E-state index in [1.807, 2.05) is 29.9 Å². The highest BCUT2D eigenvalue weighted by Gasteiger charge is 2.06. The molecule has 1 unspecified atom stereocenters. The zero-order valence-electron chi connectivity index (χ0n) is 10.1. The summed E-state index contributed by atoms with van der Waals surface area (Å²) in [5.41, 5.74) is 2.21. The van der Waals surface area contributed by atoms with Gasteiger partial charge in [-0.25, -0.2) is 4.98 Å². The first-order chi connectivity index (χ1) is 8.16. The summed E-state index contributed by atoms with van der Waals surface area (Å²) in [5.74, 6) is 0.302. The number of aromatic nitrogens is 2. The van der Waals surface area contributed by atoms with Crippen LogP contribution in [-0.4, -0.2) is 14.7 Å². The Morgan fingerprint density at radius 1 is 1.47 bits per heavy atom. The Hall–Kier alpha value is -1.81. The summed E-state index contributed by atoms with van der Waals surface area (Å²) in [5, 5.41) is 12.8. The van der Waals surface area contributed by atoms with Crippen LogP contribution in [0, 0.1) is 0 Å². The van der Waals surface area contributed by atoms with Gasteiger partial charge in [-0.15, -0.1) is 0 Å². The maximum absolute atomic E-state index is 9.42. The van der Waals surface area contributed by atoms with E-state index < -0.39 is 0 Å². The van der Waals surface area contributed by atoms with E-state index in [0.717, 1.165) is 17.8 Å². The maximum atomic E-state index is 9.42. The van der Waals surface area contributed by atoms with E-state index in [1.165, 1.54) is 0 Å². The van der Waals surface area contributed by atoms with E-state index in [2.05, 4.69) is 17.2 Å². The number of aryl methyl sites for hydroxylation is 1. The van der Waals surface area contributed by atoms with Gasteiger partial charge in [-0.1, -0.05) is 12.1 Å². The fourth-order valence-corrected chi connectivity index (χ4v) is 1.72. The molecule has 0 aliphatic rings. The van der Waals surface area contributed by atoms with Gasteiger partial charge in [-0.05, 0) is 24.6 Å². The Kier molecular flexibility index (Phi) is 3.44. The molecule has 1 atom stereocenters. The number of benzene rings is 1. The van der Waals surface area contributed by atoms with Gasteiger partial charge in [-0.3, -0.25) is 0 Å². The summed E-state index contributed by atoms with van der Waals surface area (Å²) in [4.78, 5) is 4.07. The summed E-state index contributed by atoms with van der Waals surface area (Å²) in [6.45, 7) is 2.83. The van der Waals surface area contributed by atoms with Gasteiger partial charge in [0.2, 0.25) is 0 Å². The predicted molar refractivity (Wildman–Crippen MR) is 66.6 cm³/mol. The van der Waals surface area contributed by atoms with Crippen molar-refractivity contribution in [3.8, 4) is 5.75 Å². The molecule has 0 saturated heterocycles. The number of nitrogens with one attached hydrogen (secondary N) is 1. The molecule has 0 aliphatic carbocycles. The van der Waals surface area contributed by atoms with Crippen LogP contribution in [0.3, 0.4) is 0 Å². The average molecular weight is 231 g/mol. The van der Waals surface area contributed by atoms with Crippen LogP contribution in [-0.2, 0) is 13.6 Å². The molecule has 0 radical (unpaired) electrons. The van der Waals surface area contributed by atoms with Crippen LogP contribution in [0.4, 0.5) is 0 Å². The molecule has 4 heteroatoms. The first-order valence-corrected chi connectivity index (χ1v) is 5.64. The van der Waals surface area contributed by atoms with Gasteiger partial charge >= 0.3 is 0 Å². The van der Waals surface area contributed by atoms with Crippen molar-refractivity contribution >= 4 is 0 Å². The molecule has 17 heavy (non-hydrogen) atoms. The molecule has 2 N–H and O–H groups in total. The van der Waals surface area contributed by atoms with E-state index >= 15 is 0 Å². The Labute approximate surface area is 101 Å². The summed E-state index contributed by atoms with van der Waals surface area (Å²) in [7, 11) is 1.98. The molecule has 2 aromatic rings. The molecule has 1 aromatic heterocycles. The zero-order chi connectivity index (χ0) is 12.3. The molecule has 0 fully saturated rings.